The third-order valence-corrected chi connectivity index (χ3v) is 10.8. The minimum Gasteiger partial charge on any atom is -0.349 e. The van der Waals surface area contributed by atoms with Gasteiger partial charge >= 0.3 is 0 Å². The Labute approximate surface area is 258 Å². The van der Waals surface area contributed by atoms with Crippen LogP contribution in [0.3, 0.4) is 0 Å². The van der Waals surface area contributed by atoms with Crippen LogP contribution in [0.5, 0.6) is 0 Å². The fourth-order valence-corrected chi connectivity index (χ4v) is 8.36. The molecule has 1 aliphatic heterocycles. The Morgan fingerprint density at radius 3 is 2.36 bits per heavy atom. The second-order valence-corrected chi connectivity index (χ2v) is 13.4. The molecule has 6 rings (SSSR count). The number of hydrogen-bond donors (Lipinski definition) is 1. The molecule has 3 heterocycles. The highest BCUT2D eigenvalue weighted by atomic mass is 32.2. The van der Waals surface area contributed by atoms with Gasteiger partial charge < -0.3 is 10.2 Å². The maximum absolute atomic E-state index is 14.4. The lowest BCUT2D eigenvalue weighted by molar-refractivity contribution is -0.138. The topological polar surface area (TPSA) is 113 Å². The molecule has 2 aromatic carbocycles. The van der Waals surface area contributed by atoms with Crippen molar-refractivity contribution >= 4 is 32.7 Å². The van der Waals surface area contributed by atoms with Crippen molar-refractivity contribution in [1.29, 1.82) is 0 Å². The van der Waals surface area contributed by atoms with Crippen LogP contribution in [-0.4, -0.2) is 65.1 Å². The van der Waals surface area contributed by atoms with Crippen molar-refractivity contribution in [3.63, 3.8) is 0 Å². The second-order valence-electron chi connectivity index (χ2n) is 11.6. The van der Waals surface area contributed by atoms with Gasteiger partial charge in [-0.25, -0.2) is 8.42 Å². The van der Waals surface area contributed by atoms with Crippen LogP contribution in [0.25, 0.3) is 10.9 Å². The van der Waals surface area contributed by atoms with E-state index in [-0.39, 0.29) is 48.8 Å². The molecule has 1 aliphatic carbocycles. The largest absolute Gasteiger partial charge is 0.349 e. The summed E-state index contributed by atoms with van der Waals surface area (Å²) in [6, 6.07) is 22.7. The van der Waals surface area contributed by atoms with Crippen molar-refractivity contribution in [1.82, 2.24) is 24.5 Å². The average Bonchev–Trinajstić information content (AvgIpc) is 3.08. The van der Waals surface area contributed by atoms with Gasteiger partial charge in [0.15, 0.2) is 0 Å². The molecule has 1 N–H and O–H groups in total. The third kappa shape index (κ3) is 6.23. The van der Waals surface area contributed by atoms with E-state index in [4.69, 9.17) is 0 Å². The number of fused-ring (bicyclic) bond motifs is 1. The zero-order valence-corrected chi connectivity index (χ0v) is 25.4. The van der Waals surface area contributed by atoms with E-state index in [1.54, 1.807) is 41.6 Å². The molecule has 2 aliphatic rings. The first kappa shape index (κ1) is 29.9. The first-order valence-electron chi connectivity index (χ1n) is 15.3. The van der Waals surface area contributed by atoms with Gasteiger partial charge in [0, 0.05) is 37.4 Å². The number of hydrogen-bond acceptors (Lipinski definition) is 6. The molecule has 44 heavy (non-hydrogen) atoms. The van der Waals surface area contributed by atoms with Crippen LogP contribution in [0.1, 0.15) is 49.3 Å². The highest BCUT2D eigenvalue weighted by Gasteiger charge is 2.44. The van der Waals surface area contributed by atoms with Gasteiger partial charge in [-0.15, -0.1) is 0 Å². The van der Waals surface area contributed by atoms with Crippen molar-refractivity contribution < 1.29 is 18.0 Å². The van der Waals surface area contributed by atoms with Crippen LogP contribution >= 0.6 is 0 Å². The highest BCUT2D eigenvalue weighted by molar-refractivity contribution is 7.89. The molecule has 2 unspecified atom stereocenters. The summed E-state index contributed by atoms with van der Waals surface area (Å²) in [4.78, 5) is 38.6. The molecule has 0 spiro atoms. The van der Waals surface area contributed by atoms with Gasteiger partial charge in [-0.3, -0.25) is 19.6 Å². The molecular weight excluding hydrogens is 574 g/mol. The summed E-state index contributed by atoms with van der Waals surface area (Å²) >= 11 is 0. The van der Waals surface area contributed by atoms with Gasteiger partial charge in [-0.2, -0.15) is 4.31 Å². The van der Waals surface area contributed by atoms with Crippen LogP contribution < -0.4 is 5.32 Å². The van der Waals surface area contributed by atoms with Crippen molar-refractivity contribution in [3.05, 3.63) is 103 Å². The number of nitrogens with zero attached hydrogens (tertiary/aromatic N) is 4. The molecule has 10 heteroatoms. The Kier molecular flexibility index (Phi) is 8.99. The number of carbonyl (C=O) groups excluding carboxylic acids is 2. The Morgan fingerprint density at radius 2 is 1.59 bits per heavy atom. The standard InChI is InChI=1S/C34H37N5O4S/c40-33(37-23-28-17-7-8-19-35-28)29-24-38(34(41)31(25-11-3-1-4-12-25)26-13-5-2-6-14-26)21-22-39(29)44(42,43)30-18-9-15-27-16-10-20-36-32(27)30/h1,3-4,7-12,15-20,26,29,31H,2,5-6,13-14,21-24H2,(H,37,40). The monoisotopic (exact) mass is 611 g/mol. The molecule has 1 saturated heterocycles. The summed E-state index contributed by atoms with van der Waals surface area (Å²) < 4.78 is 29.8. The van der Waals surface area contributed by atoms with Gasteiger partial charge in [-0.1, -0.05) is 73.9 Å². The van der Waals surface area contributed by atoms with Gasteiger partial charge in [0.25, 0.3) is 0 Å². The molecule has 0 bridgehead atoms. The molecule has 2 atom stereocenters. The SMILES string of the molecule is O=C(NCc1ccccn1)C1CN(C(=O)C(c2ccccc2)C2CCCCC2)CCN1S(=O)(=O)c1cccc2cccnc12. The molecule has 9 nitrogen and oxygen atoms in total. The number of rotatable bonds is 8. The predicted octanol–water partition coefficient (Wildman–Crippen LogP) is 4.51. The number of piperazine rings is 1. The molecule has 2 fully saturated rings. The zero-order valence-electron chi connectivity index (χ0n) is 24.6. The van der Waals surface area contributed by atoms with E-state index in [0.717, 1.165) is 31.2 Å². The molecule has 0 radical (unpaired) electrons. The first-order valence-corrected chi connectivity index (χ1v) is 16.7. The van der Waals surface area contributed by atoms with Gasteiger partial charge in [0.1, 0.15) is 10.9 Å². The smallest absolute Gasteiger partial charge is 0.246 e. The van der Waals surface area contributed by atoms with E-state index in [2.05, 4.69) is 15.3 Å². The maximum Gasteiger partial charge on any atom is 0.246 e. The van der Waals surface area contributed by atoms with E-state index in [0.29, 0.717) is 16.6 Å². The molecule has 2 amide bonds. The number of aromatic nitrogens is 2. The number of para-hydroxylation sites is 1. The van der Waals surface area contributed by atoms with E-state index in [9.17, 15) is 18.0 Å². The molecule has 1 saturated carbocycles. The maximum atomic E-state index is 14.4. The first-order chi connectivity index (χ1) is 21.4. The van der Waals surface area contributed by atoms with Gasteiger partial charge in [0.2, 0.25) is 21.8 Å². The van der Waals surface area contributed by atoms with Crippen LogP contribution in [0, 0.1) is 5.92 Å². The Morgan fingerprint density at radius 1 is 0.841 bits per heavy atom. The quantitative estimate of drug-likeness (QED) is 0.314. The van der Waals surface area contributed by atoms with E-state index < -0.39 is 22.0 Å². The number of carbonyl (C=O) groups is 2. The van der Waals surface area contributed by atoms with Crippen LogP contribution in [-0.2, 0) is 26.2 Å². The van der Waals surface area contributed by atoms with Gasteiger partial charge in [0.05, 0.1) is 23.7 Å². The highest BCUT2D eigenvalue weighted by Crippen LogP contribution is 2.38. The summed E-state index contributed by atoms with van der Waals surface area (Å²) in [6.45, 7) is 0.282. The zero-order chi connectivity index (χ0) is 30.5. The van der Waals surface area contributed by atoms with Crippen LogP contribution in [0.4, 0.5) is 0 Å². The van der Waals surface area contributed by atoms with Crippen LogP contribution in [0.2, 0.25) is 0 Å². The summed E-state index contributed by atoms with van der Waals surface area (Å²) in [5, 5.41) is 3.57. The number of sulfonamides is 1. The fraction of sp³-hybridized carbons (Fsp3) is 0.353. The van der Waals surface area contributed by atoms with E-state index in [1.165, 1.54) is 16.8 Å². The Balaban J connectivity index is 1.32. The fourth-order valence-electron chi connectivity index (χ4n) is 6.62. The third-order valence-electron chi connectivity index (χ3n) is 8.84. The van der Waals surface area contributed by atoms with Gasteiger partial charge in [-0.05, 0) is 48.6 Å². The van der Waals surface area contributed by atoms with Crippen molar-refractivity contribution in [2.24, 2.45) is 5.92 Å². The minimum absolute atomic E-state index is 0.00879. The van der Waals surface area contributed by atoms with Crippen molar-refractivity contribution in [3.8, 4) is 0 Å². The van der Waals surface area contributed by atoms with Crippen molar-refractivity contribution in [2.75, 3.05) is 19.6 Å². The summed E-state index contributed by atoms with van der Waals surface area (Å²) in [7, 11) is -4.15. The lowest BCUT2D eigenvalue weighted by atomic mass is 9.76. The molecular formula is C34H37N5O4S. The minimum atomic E-state index is -4.15. The average molecular weight is 612 g/mol. The molecule has 4 aromatic rings. The molecule has 2 aromatic heterocycles. The number of nitrogens with one attached hydrogen (secondary N) is 1. The normalized spacial score (nSPS) is 19.0. The molecule has 228 valence electrons. The lowest BCUT2D eigenvalue weighted by Gasteiger charge is -2.42. The van der Waals surface area contributed by atoms with E-state index >= 15 is 0 Å². The van der Waals surface area contributed by atoms with E-state index in [1.807, 2.05) is 48.5 Å². The number of benzene rings is 2. The summed E-state index contributed by atoms with van der Waals surface area (Å²) in [5.74, 6) is -0.647. The number of amides is 2. The predicted molar refractivity (Wildman–Crippen MR) is 168 cm³/mol. The lowest BCUT2D eigenvalue weighted by Crippen LogP contribution is -2.62. The summed E-state index contributed by atoms with van der Waals surface area (Å²) in [5.41, 5.74) is 1.97. The summed E-state index contributed by atoms with van der Waals surface area (Å²) in [6.07, 6.45) is 8.50. The van der Waals surface area contributed by atoms with Crippen LogP contribution in [0.15, 0.2) is 96.2 Å². The van der Waals surface area contributed by atoms with Crippen molar-refractivity contribution in [2.45, 2.75) is 55.5 Å². The Hall–Kier alpha value is -4.15. The number of pyridine rings is 2. The second kappa shape index (κ2) is 13.2. The Bertz CT molecular complexity index is 1710.